The summed E-state index contributed by atoms with van der Waals surface area (Å²) in [7, 11) is 0. The fourth-order valence-corrected chi connectivity index (χ4v) is 2.51. The third kappa shape index (κ3) is 1.72. The summed E-state index contributed by atoms with van der Waals surface area (Å²) in [6.07, 6.45) is 1.82. The van der Waals surface area contributed by atoms with Gasteiger partial charge in [-0.15, -0.1) is 0 Å². The molecule has 1 aromatic rings. The molecule has 1 aliphatic carbocycles. The van der Waals surface area contributed by atoms with Crippen molar-refractivity contribution in [3.63, 3.8) is 0 Å². The first-order chi connectivity index (χ1) is 8.61. The lowest BCUT2D eigenvalue weighted by Gasteiger charge is -2.24. The molecule has 18 heavy (non-hydrogen) atoms. The number of para-hydroxylation sites is 1. The van der Waals surface area contributed by atoms with Crippen molar-refractivity contribution >= 4 is 17.6 Å². The van der Waals surface area contributed by atoms with E-state index in [2.05, 4.69) is 5.32 Å². The molecule has 1 aromatic carbocycles. The molecule has 1 heterocycles. The van der Waals surface area contributed by atoms with Crippen LogP contribution in [0.25, 0.3) is 0 Å². The zero-order valence-corrected chi connectivity index (χ0v) is 9.73. The molecule has 5 heteroatoms. The van der Waals surface area contributed by atoms with Crippen LogP contribution in [0.2, 0.25) is 0 Å². The fraction of sp³-hybridized carbons (Fsp3) is 0.385. The zero-order chi connectivity index (χ0) is 12.8. The Labute approximate surface area is 104 Å². The number of amides is 1. The minimum Gasteiger partial charge on any atom is -0.481 e. The number of ether oxygens (including phenoxy) is 1. The molecule has 1 fully saturated rings. The van der Waals surface area contributed by atoms with Gasteiger partial charge in [0, 0.05) is 11.0 Å². The molecule has 0 bridgehead atoms. The molecule has 3 rings (SSSR count). The van der Waals surface area contributed by atoms with Gasteiger partial charge in [0.25, 0.3) is 5.91 Å². The van der Waals surface area contributed by atoms with Crippen molar-refractivity contribution < 1.29 is 19.4 Å². The van der Waals surface area contributed by atoms with Crippen molar-refractivity contribution in [2.75, 3.05) is 11.9 Å². The summed E-state index contributed by atoms with van der Waals surface area (Å²) < 4.78 is 5.47. The number of carboxylic acids is 1. The number of anilines is 1. The van der Waals surface area contributed by atoms with Crippen LogP contribution < -0.4 is 10.1 Å². The van der Waals surface area contributed by atoms with Crippen molar-refractivity contribution in [1.29, 1.82) is 0 Å². The number of carbonyl (C=O) groups is 2. The highest BCUT2D eigenvalue weighted by atomic mass is 16.5. The Morgan fingerprint density at radius 3 is 2.89 bits per heavy atom. The molecular weight excluding hydrogens is 234 g/mol. The maximum Gasteiger partial charge on any atom is 0.304 e. The lowest BCUT2D eigenvalue weighted by molar-refractivity contribution is -0.137. The van der Waals surface area contributed by atoms with E-state index in [1.165, 1.54) is 0 Å². The Morgan fingerprint density at radius 1 is 1.44 bits per heavy atom. The lowest BCUT2D eigenvalue weighted by Crippen LogP contribution is -2.27. The van der Waals surface area contributed by atoms with Crippen molar-refractivity contribution in [3.05, 3.63) is 23.8 Å². The monoisotopic (exact) mass is 247 g/mol. The number of hydrogen-bond acceptors (Lipinski definition) is 3. The van der Waals surface area contributed by atoms with Crippen molar-refractivity contribution in [2.45, 2.75) is 24.7 Å². The first kappa shape index (κ1) is 11.1. The largest absolute Gasteiger partial charge is 0.481 e. The average Bonchev–Trinajstić information content (AvgIpc) is 3.07. The number of benzene rings is 1. The highest BCUT2D eigenvalue weighted by Gasteiger charge is 2.48. The molecular formula is C13H13NO4. The highest BCUT2D eigenvalue weighted by molar-refractivity contribution is 5.96. The van der Waals surface area contributed by atoms with Gasteiger partial charge in [0.1, 0.15) is 5.75 Å². The van der Waals surface area contributed by atoms with Gasteiger partial charge in [-0.3, -0.25) is 9.59 Å². The SMILES string of the molecule is O=C(O)CC1(c2cccc3c2OCC(=O)N3)CC1. The summed E-state index contributed by atoms with van der Waals surface area (Å²) in [5.74, 6) is -0.344. The van der Waals surface area contributed by atoms with Crippen LogP contribution in [0.15, 0.2) is 18.2 Å². The molecule has 0 spiro atoms. The summed E-state index contributed by atoms with van der Waals surface area (Å²) >= 11 is 0. The third-order valence-corrected chi connectivity index (χ3v) is 3.55. The molecule has 5 nitrogen and oxygen atoms in total. The maximum absolute atomic E-state index is 11.2. The van der Waals surface area contributed by atoms with Gasteiger partial charge in [0.05, 0.1) is 12.1 Å². The van der Waals surface area contributed by atoms with Gasteiger partial charge in [-0.2, -0.15) is 0 Å². The summed E-state index contributed by atoms with van der Waals surface area (Å²) in [4.78, 5) is 22.2. The molecule has 1 amide bonds. The van der Waals surface area contributed by atoms with Crippen LogP contribution in [0.4, 0.5) is 5.69 Å². The van der Waals surface area contributed by atoms with E-state index in [4.69, 9.17) is 9.84 Å². The van der Waals surface area contributed by atoms with E-state index in [-0.39, 0.29) is 24.3 Å². The van der Waals surface area contributed by atoms with E-state index >= 15 is 0 Å². The Bertz CT molecular complexity index is 534. The number of hydrogen-bond donors (Lipinski definition) is 2. The van der Waals surface area contributed by atoms with Crippen molar-refractivity contribution in [2.24, 2.45) is 0 Å². The Kier molecular flexibility index (Phi) is 2.29. The molecule has 0 atom stereocenters. The number of carboxylic acid groups (broad SMARTS) is 1. The van der Waals surface area contributed by atoms with Gasteiger partial charge in [-0.25, -0.2) is 0 Å². The predicted octanol–water partition coefficient (Wildman–Crippen LogP) is 1.52. The Balaban J connectivity index is 2.01. The second kappa shape index (κ2) is 3.73. The molecule has 1 saturated carbocycles. The highest BCUT2D eigenvalue weighted by Crippen LogP contribution is 2.55. The smallest absolute Gasteiger partial charge is 0.304 e. The second-order valence-corrected chi connectivity index (χ2v) is 4.87. The van der Waals surface area contributed by atoms with Crippen molar-refractivity contribution in [3.8, 4) is 5.75 Å². The molecule has 0 unspecified atom stereocenters. The van der Waals surface area contributed by atoms with Crippen LogP contribution in [0, 0.1) is 0 Å². The van der Waals surface area contributed by atoms with Crippen LogP contribution in [0.1, 0.15) is 24.8 Å². The predicted molar refractivity (Wildman–Crippen MR) is 63.7 cm³/mol. The average molecular weight is 247 g/mol. The second-order valence-electron chi connectivity index (χ2n) is 4.87. The van der Waals surface area contributed by atoms with Gasteiger partial charge in [0.15, 0.2) is 6.61 Å². The molecule has 94 valence electrons. The van der Waals surface area contributed by atoms with Gasteiger partial charge in [-0.05, 0) is 18.9 Å². The molecule has 2 aliphatic rings. The third-order valence-electron chi connectivity index (χ3n) is 3.55. The van der Waals surface area contributed by atoms with Gasteiger partial charge < -0.3 is 15.2 Å². The number of carbonyl (C=O) groups excluding carboxylic acids is 1. The van der Waals surface area contributed by atoms with Crippen LogP contribution in [-0.2, 0) is 15.0 Å². The summed E-state index contributed by atoms with van der Waals surface area (Å²) in [6, 6.07) is 5.49. The van der Waals surface area contributed by atoms with E-state index < -0.39 is 5.97 Å². The van der Waals surface area contributed by atoms with E-state index in [0.29, 0.717) is 11.4 Å². The minimum atomic E-state index is -0.801. The first-order valence-electron chi connectivity index (χ1n) is 5.89. The Hall–Kier alpha value is -2.04. The molecule has 1 aliphatic heterocycles. The summed E-state index contributed by atoms with van der Waals surface area (Å²) in [6.45, 7) is -0.00678. The number of aliphatic carboxylic acids is 1. The molecule has 0 aromatic heterocycles. The van der Waals surface area contributed by atoms with Gasteiger partial charge in [-0.1, -0.05) is 12.1 Å². The van der Waals surface area contributed by atoms with E-state index in [0.717, 1.165) is 18.4 Å². The number of fused-ring (bicyclic) bond motifs is 1. The lowest BCUT2D eigenvalue weighted by atomic mass is 9.91. The number of nitrogens with one attached hydrogen (secondary N) is 1. The van der Waals surface area contributed by atoms with E-state index in [1.807, 2.05) is 12.1 Å². The van der Waals surface area contributed by atoms with E-state index in [1.54, 1.807) is 6.07 Å². The quantitative estimate of drug-likeness (QED) is 0.849. The van der Waals surface area contributed by atoms with Crippen molar-refractivity contribution in [1.82, 2.24) is 0 Å². The molecule has 2 N–H and O–H groups in total. The minimum absolute atomic E-state index is 0.00678. The van der Waals surface area contributed by atoms with Crippen LogP contribution in [-0.4, -0.2) is 23.6 Å². The normalized spacial score (nSPS) is 19.4. The molecule has 0 radical (unpaired) electrons. The van der Waals surface area contributed by atoms with E-state index in [9.17, 15) is 9.59 Å². The first-order valence-corrected chi connectivity index (χ1v) is 5.89. The van der Waals surface area contributed by atoms with Crippen LogP contribution in [0.5, 0.6) is 5.75 Å². The topological polar surface area (TPSA) is 75.6 Å². The zero-order valence-electron chi connectivity index (χ0n) is 9.73. The molecule has 0 saturated heterocycles. The fourth-order valence-electron chi connectivity index (χ4n) is 2.51. The maximum atomic E-state index is 11.2. The van der Waals surface area contributed by atoms with Gasteiger partial charge in [0.2, 0.25) is 0 Å². The standard InChI is InChI=1S/C13H13NO4/c15-10-7-18-12-8(2-1-3-9(12)14-10)13(4-5-13)6-11(16)17/h1-3H,4-7H2,(H,14,15)(H,16,17). The summed E-state index contributed by atoms with van der Waals surface area (Å²) in [5, 5.41) is 11.7. The van der Waals surface area contributed by atoms with Crippen LogP contribution >= 0.6 is 0 Å². The Morgan fingerprint density at radius 2 is 2.22 bits per heavy atom. The summed E-state index contributed by atoms with van der Waals surface area (Å²) in [5.41, 5.74) is 1.24. The van der Waals surface area contributed by atoms with Crippen LogP contribution in [0.3, 0.4) is 0 Å². The number of rotatable bonds is 3. The van der Waals surface area contributed by atoms with Gasteiger partial charge >= 0.3 is 5.97 Å².